The van der Waals surface area contributed by atoms with Crippen molar-refractivity contribution in [3.63, 3.8) is 0 Å². The van der Waals surface area contributed by atoms with Crippen LogP contribution in [-0.4, -0.2) is 4.98 Å². The number of ether oxygens (including phenoxy) is 1. The molecule has 1 N–H and O–H groups in total. The highest BCUT2D eigenvalue weighted by Crippen LogP contribution is 2.29. The molecular formula is C14H9F2NO. The standard InChI is InChI=1S/C14H9F2NO/c15-9-6-10(16)8-11(7-9)18-14-3-1-2-13-12(14)4-5-17-13/h1-8,17H. The van der Waals surface area contributed by atoms with Gasteiger partial charge in [0.15, 0.2) is 0 Å². The van der Waals surface area contributed by atoms with E-state index in [9.17, 15) is 8.78 Å². The number of aromatic amines is 1. The number of fused-ring (bicyclic) bond motifs is 1. The third kappa shape index (κ3) is 1.93. The molecule has 0 atom stereocenters. The number of hydrogen-bond donors (Lipinski definition) is 1. The van der Waals surface area contributed by atoms with E-state index in [1.54, 1.807) is 12.3 Å². The summed E-state index contributed by atoms with van der Waals surface area (Å²) in [6.07, 6.45) is 1.78. The van der Waals surface area contributed by atoms with Crippen molar-refractivity contribution in [1.82, 2.24) is 4.98 Å². The first-order valence-electron chi connectivity index (χ1n) is 5.42. The molecule has 0 aliphatic carbocycles. The van der Waals surface area contributed by atoms with Crippen LogP contribution in [-0.2, 0) is 0 Å². The van der Waals surface area contributed by atoms with E-state index in [2.05, 4.69) is 4.98 Å². The molecule has 4 heteroatoms. The maximum atomic E-state index is 13.1. The van der Waals surface area contributed by atoms with Crippen molar-refractivity contribution < 1.29 is 13.5 Å². The second-order valence-corrected chi connectivity index (χ2v) is 3.90. The van der Waals surface area contributed by atoms with E-state index >= 15 is 0 Å². The lowest BCUT2D eigenvalue weighted by Gasteiger charge is -2.07. The minimum absolute atomic E-state index is 0.140. The lowest BCUT2D eigenvalue weighted by Crippen LogP contribution is -1.88. The van der Waals surface area contributed by atoms with Gasteiger partial charge < -0.3 is 9.72 Å². The summed E-state index contributed by atoms with van der Waals surface area (Å²) in [5.74, 6) is -0.627. The first kappa shape index (κ1) is 10.8. The maximum Gasteiger partial charge on any atom is 0.136 e. The van der Waals surface area contributed by atoms with Gasteiger partial charge >= 0.3 is 0 Å². The highest BCUT2D eigenvalue weighted by Gasteiger charge is 2.06. The molecule has 0 spiro atoms. The minimum atomic E-state index is -0.661. The molecule has 0 radical (unpaired) electrons. The number of benzene rings is 2. The normalized spacial score (nSPS) is 10.8. The lowest BCUT2D eigenvalue weighted by molar-refractivity contribution is 0.473. The second-order valence-electron chi connectivity index (χ2n) is 3.90. The molecule has 0 bridgehead atoms. The van der Waals surface area contributed by atoms with Crippen LogP contribution in [0.25, 0.3) is 10.9 Å². The van der Waals surface area contributed by atoms with Crippen LogP contribution in [0.3, 0.4) is 0 Å². The molecule has 3 aromatic rings. The fourth-order valence-electron chi connectivity index (χ4n) is 1.86. The molecule has 0 unspecified atom stereocenters. The zero-order valence-electron chi connectivity index (χ0n) is 9.28. The molecule has 18 heavy (non-hydrogen) atoms. The Kier molecular flexibility index (Phi) is 2.48. The molecule has 3 rings (SSSR count). The molecule has 2 aromatic carbocycles. The van der Waals surface area contributed by atoms with Crippen LogP contribution >= 0.6 is 0 Å². The first-order valence-corrected chi connectivity index (χ1v) is 5.42. The third-order valence-electron chi connectivity index (χ3n) is 2.62. The molecular weight excluding hydrogens is 236 g/mol. The highest BCUT2D eigenvalue weighted by molar-refractivity contribution is 5.85. The third-order valence-corrected chi connectivity index (χ3v) is 2.62. The topological polar surface area (TPSA) is 25.0 Å². The van der Waals surface area contributed by atoms with E-state index in [1.165, 1.54) is 0 Å². The van der Waals surface area contributed by atoms with Crippen molar-refractivity contribution in [2.24, 2.45) is 0 Å². The Hall–Kier alpha value is -2.36. The van der Waals surface area contributed by atoms with Crippen LogP contribution in [0, 0.1) is 11.6 Å². The van der Waals surface area contributed by atoms with Gasteiger partial charge in [-0.3, -0.25) is 0 Å². The Bertz CT molecular complexity index is 686. The number of hydrogen-bond acceptors (Lipinski definition) is 1. The van der Waals surface area contributed by atoms with Crippen molar-refractivity contribution in [2.75, 3.05) is 0 Å². The maximum absolute atomic E-state index is 13.1. The second kappa shape index (κ2) is 4.14. The fraction of sp³-hybridized carbons (Fsp3) is 0. The van der Waals surface area contributed by atoms with Gasteiger partial charge in [-0.1, -0.05) is 6.07 Å². The van der Waals surface area contributed by atoms with E-state index < -0.39 is 11.6 Å². The SMILES string of the molecule is Fc1cc(F)cc(Oc2cccc3[nH]ccc23)c1. The number of nitrogens with one attached hydrogen (secondary N) is 1. The molecule has 2 nitrogen and oxygen atoms in total. The quantitative estimate of drug-likeness (QED) is 0.717. The molecule has 0 saturated carbocycles. The molecule has 1 aromatic heterocycles. The Morgan fingerprint density at radius 2 is 1.72 bits per heavy atom. The van der Waals surface area contributed by atoms with E-state index in [4.69, 9.17) is 4.74 Å². The van der Waals surface area contributed by atoms with Crippen LogP contribution in [0.1, 0.15) is 0 Å². The van der Waals surface area contributed by atoms with Crippen LogP contribution in [0.2, 0.25) is 0 Å². The molecule has 0 aliphatic heterocycles. The summed E-state index contributed by atoms with van der Waals surface area (Å²) in [4.78, 5) is 3.04. The van der Waals surface area contributed by atoms with Gasteiger partial charge in [0.2, 0.25) is 0 Å². The summed E-state index contributed by atoms with van der Waals surface area (Å²) in [5, 5.41) is 0.863. The smallest absolute Gasteiger partial charge is 0.136 e. The van der Waals surface area contributed by atoms with Gasteiger partial charge in [-0.05, 0) is 18.2 Å². The van der Waals surface area contributed by atoms with E-state index in [1.807, 2.05) is 18.2 Å². The summed E-state index contributed by atoms with van der Waals surface area (Å²) in [7, 11) is 0. The zero-order valence-corrected chi connectivity index (χ0v) is 9.28. The van der Waals surface area contributed by atoms with E-state index in [0.29, 0.717) is 5.75 Å². The van der Waals surface area contributed by atoms with Crippen molar-refractivity contribution in [3.8, 4) is 11.5 Å². The van der Waals surface area contributed by atoms with Crippen molar-refractivity contribution >= 4 is 10.9 Å². The predicted octanol–water partition coefficient (Wildman–Crippen LogP) is 4.24. The fourth-order valence-corrected chi connectivity index (χ4v) is 1.86. The average Bonchev–Trinajstić information content (AvgIpc) is 2.76. The van der Waals surface area contributed by atoms with Gasteiger partial charge in [-0.25, -0.2) is 8.78 Å². The Labute approximate surface area is 102 Å². The average molecular weight is 245 g/mol. The van der Waals surface area contributed by atoms with Crippen molar-refractivity contribution in [3.05, 3.63) is 60.3 Å². The summed E-state index contributed by atoms with van der Waals surface area (Å²) in [6.45, 7) is 0. The number of H-pyrrole nitrogens is 1. The molecule has 0 saturated heterocycles. The first-order chi connectivity index (χ1) is 8.72. The Morgan fingerprint density at radius 1 is 0.944 bits per heavy atom. The van der Waals surface area contributed by atoms with Gasteiger partial charge in [-0.2, -0.15) is 0 Å². The van der Waals surface area contributed by atoms with Gasteiger partial charge in [0.25, 0.3) is 0 Å². The highest BCUT2D eigenvalue weighted by atomic mass is 19.1. The van der Waals surface area contributed by atoms with Crippen molar-refractivity contribution in [2.45, 2.75) is 0 Å². The van der Waals surface area contributed by atoms with Gasteiger partial charge in [-0.15, -0.1) is 0 Å². The van der Waals surface area contributed by atoms with Gasteiger partial charge in [0.1, 0.15) is 23.1 Å². The van der Waals surface area contributed by atoms with E-state index in [0.717, 1.165) is 29.1 Å². The number of halogens is 2. The van der Waals surface area contributed by atoms with Crippen LogP contribution in [0.5, 0.6) is 11.5 Å². The molecule has 0 fully saturated rings. The number of aromatic nitrogens is 1. The Balaban J connectivity index is 2.03. The van der Waals surface area contributed by atoms with Crippen LogP contribution in [0.15, 0.2) is 48.7 Å². The molecule has 0 amide bonds. The monoisotopic (exact) mass is 245 g/mol. The molecule has 0 aliphatic rings. The van der Waals surface area contributed by atoms with Gasteiger partial charge in [0.05, 0.1) is 0 Å². The van der Waals surface area contributed by atoms with E-state index in [-0.39, 0.29) is 5.75 Å². The summed E-state index contributed by atoms with van der Waals surface area (Å²) >= 11 is 0. The summed E-state index contributed by atoms with van der Waals surface area (Å²) < 4.78 is 31.6. The van der Waals surface area contributed by atoms with Crippen LogP contribution in [0.4, 0.5) is 8.78 Å². The summed E-state index contributed by atoms with van der Waals surface area (Å²) in [5.41, 5.74) is 0.907. The zero-order chi connectivity index (χ0) is 12.5. The predicted molar refractivity (Wildman–Crippen MR) is 64.7 cm³/mol. The molecule has 90 valence electrons. The Morgan fingerprint density at radius 3 is 2.50 bits per heavy atom. The molecule has 1 heterocycles. The largest absolute Gasteiger partial charge is 0.456 e. The minimum Gasteiger partial charge on any atom is -0.456 e. The van der Waals surface area contributed by atoms with Crippen LogP contribution < -0.4 is 4.74 Å². The lowest BCUT2D eigenvalue weighted by atomic mass is 10.2. The summed E-state index contributed by atoms with van der Waals surface area (Å²) in [6, 6.07) is 10.4. The van der Waals surface area contributed by atoms with Gasteiger partial charge in [0, 0.05) is 35.3 Å². The van der Waals surface area contributed by atoms with Crippen molar-refractivity contribution in [1.29, 1.82) is 0 Å². The number of rotatable bonds is 2.